The van der Waals surface area contributed by atoms with Crippen molar-refractivity contribution < 1.29 is 89.8 Å². The summed E-state index contributed by atoms with van der Waals surface area (Å²) in [5, 5.41) is 102. The highest BCUT2D eigenvalue weighted by atomic mass is 16.4. The van der Waals surface area contributed by atoms with Crippen LogP contribution in [0, 0.1) is 28.1 Å². The number of carbonyl (C=O) groups excluding carboxylic acids is 8. The fourth-order valence-electron chi connectivity index (χ4n) is 11.4. The van der Waals surface area contributed by atoms with Gasteiger partial charge in [0.25, 0.3) is 0 Å². The number of carboxylic acid groups (broad SMARTS) is 8. The molecule has 0 aliphatic carbocycles. The van der Waals surface area contributed by atoms with Crippen LogP contribution in [0.25, 0.3) is 0 Å². The summed E-state index contributed by atoms with van der Waals surface area (Å²) in [6, 6.07) is -1.26. The summed E-state index contributed by atoms with van der Waals surface area (Å²) < 4.78 is 0. The molecule has 0 aromatic rings. The van der Waals surface area contributed by atoms with E-state index >= 15 is 0 Å². The number of nitrogens with two attached hydrogens (primary N) is 2. The predicted octanol–water partition coefficient (Wildman–Crippen LogP) is -8.41. The van der Waals surface area contributed by atoms with Gasteiger partial charge < -0.3 is 89.8 Å². The lowest BCUT2D eigenvalue weighted by atomic mass is 9.57. The van der Waals surface area contributed by atoms with Crippen molar-refractivity contribution in [3.63, 3.8) is 0 Å². The highest BCUT2D eigenvalue weighted by molar-refractivity contribution is 6.06. The van der Waals surface area contributed by atoms with Gasteiger partial charge in [-0.1, -0.05) is 13.8 Å². The van der Waals surface area contributed by atoms with Crippen LogP contribution >= 0.6 is 0 Å². The third kappa shape index (κ3) is 9.29. The molecule has 0 aromatic carbocycles. The Hall–Kier alpha value is -6.02. The minimum Gasteiger partial charge on any atom is -0.550 e. The molecule has 5 heterocycles. The molecule has 0 spiro atoms. The van der Waals surface area contributed by atoms with E-state index in [0.717, 1.165) is 0 Å². The van der Waals surface area contributed by atoms with Crippen LogP contribution in [0.3, 0.4) is 0 Å². The standard InChI is InChI=1S/C44H56N4O16/c1-40(13-12-34(55)56)25(15-36(59)60)39-44(5)42(3,20-38(63)64)23(8-11-33(53)54)27(48-44)17-30-41(2,19-37(61)62)22(7-10-32(51)52)28(45-30)18-43(4)24(14-35(57)58)21(6-9-31(49)50)26(47-43)16-29(40)46-39/h16-17,23,25,39,47-48H,6-15,18-20H2,1-5H3,(H,49,50)(H,51,52)(H,53,54)(H,55,56)(H,57,58)(H,59,60)(H,61,62)(H,63,64)/p-6/b26-16-,27-17-/t23-,25+,39-,40-,41+,42+,43+,44+/m1/s1. The van der Waals surface area contributed by atoms with Crippen LogP contribution in [0.15, 0.2) is 55.9 Å². The zero-order valence-corrected chi connectivity index (χ0v) is 36.2. The van der Waals surface area contributed by atoms with Gasteiger partial charge in [0.2, 0.25) is 0 Å². The van der Waals surface area contributed by atoms with Gasteiger partial charge in [0.15, 0.2) is 0 Å². The largest absolute Gasteiger partial charge is 0.550 e. The Bertz CT molecular complexity index is 2270. The highest BCUT2D eigenvalue weighted by Gasteiger charge is 2.68. The highest BCUT2D eigenvalue weighted by Crippen LogP contribution is 2.57. The maximum absolute atomic E-state index is 12.8. The lowest BCUT2D eigenvalue weighted by Gasteiger charge is -2.46. The fourth-order valence-corrected chi connectivity index (χ4v) is 11.4. The van der Waals surface area contributed by atoms with Crippen LogP contribution in [0.4, 0.5) is 0 Å². The van der Waals surface area contributed by atoms with E-state index in [9.17, 15) is 79.2 Å². The number of nitrogens with zero attached hydrogens (tertiary/aromatic N) is 2. The van der Waals surface area contributed by atoms with Gasteiger partial charge in [0, 0.05) is 130 Å². The topological polar surface area (TPSA) is 379 Å². The molecule has 5 aliphatic heterocycles. The molecule has 0 radical (unpaired) electrons. The van der Waals surface area contributed by atoms with Gasteiger partial charge in [-0.15, -0.1) is 0 Å². The van der Waals surface area contributed by atoms with Gasteiger partial charge in [-0.05, 0) is 90.6 Å². The minimum atomic E-state index is -1.66. The van der Waals surface area contributed by atoms with Gasteiger partial charge in [-0.3, -0.25) is 9.98 Å². The Morgan fingerprint density at radius 3 is 1.80 bits per heavy atom. The third-order valence-electron chi connectivity index (χ3n) is 14.7. The molecule has 20 heteroatoms. The summed E-state index contributed by atoms with van der Waals surface area (Å²) in [5.41, 5.74) is -6.51. The van der Waals surface area contributed by atoms with Crippen molar-refractivity contribution >= 4 is 59.2 Å². The van der Waals surface area contributed by atoms with E-state index in [4.69, 9.17) is 9.98 Å². The number of hydrogen-bond acceptors (Lipinski definition) is 18. The van der Waals surface area contributed by atoms with Gasteiger partial charge in [-0.25, -0.2) is 0 Å². The number of allylic oxidation sites excluding steroid dienone is 5. The van der Waals surface area contributed by atoms with Crippen LogP contribution in [0.5, 0.6) is 0 Å². The molecule has 1 fully saturated rings. The number of aliphatic carboxylic acids is 8. The molecule has 0 unspecified atom stereocenters. The van der Waals surface area contributed by atoms with E-state index in [1.807, 2.05) is 0 Å². The number of fused-ring (bicyclic) bond motifs is 7. The predicted molar refractivity (Wildman–Crippen MR) is 201 cm³/mol. The van der Waals surface area contributed by atoms with Crippen molar-refractivity contribution in [2.75, 3.05) is 0 Å². The maximum Gasteiger partial charge on any atom is 0.135 e. The first-order valence-corrected chi connectivity index (χ1v) is 21.0. The molecule has 8 bridgehead atoms. The molecule has 64 heavy (non-hydrogen) atoms. The smallest absolute Gasteiger partial charge is 0.135 e. The SMILES string of the molecule is C[C@@]1(CC(=O)[O-])C2=NC(=C1CCC(=O)[O-])C[C@]1(C)[NH2+]/C(=C\C3=N[C@H]([C@H](CC(=O)[O-])[C@@]3(C)CCC(=O)[O-])[C@]3(C)[NH2+]/C(=C\2)[C@@H](CCC(=O)[O-])[C@]3(C)CC(=O)[O-])C(CCC(=O)[O-])=C1CC(=O)[O-]. The molecule has 5 aliphatic rings. The first kappa shape index (κ1) is 49.0. The lowest BCUT2D eigenvalue weighted by molar-refractivity contribution is -0.680. The number of quaternary nitrogens is 2. The van der Waals surface area contributed by atoms with Crippen LogP contribution in [-0.2, 0) is 38.4 Å². The van der Waals surface area contributed by atoms with Crippen molar-refractivity contribution in [3.8, 4) is 0 Å². The molecular formula is C44H50N4O16-6. The quantitative estimate of drug-likeness (QED) is 0.115. The lowest BCUT2D eigenvalue weighted by Crippen LogP contribution is -2.96. The molecule has 4 N–H and O–H groups in total. The number of rotatable bonds is 20. The molecule has 1 saturated heterocycles. The Morgan fingerprint density at radius 2 is 1.25 bits per heavy atom. The Balaban J connectivity index is 1.99. The third-order valence-corrected chi connectivity index (χ3v) is 14.7. The summed E-state index contributed by atoms with van der Waals surface area (Å²) >= 11 is 0. The average Bonchev–Trinajstić information content (AvgIpc) is 3.72. The van der Waals surface area contributed by atoms with Crippen LogP contribution in [-0.4, -0.2) is 76.3 Å². The molecule has 5 rings (SSSR count). The number of hydrogen-bond donors (Lipinski definition) is 2. The summed E-state index contributed by atoms with van der Waals surface area (Å²) in [6.07, 6.45) is -3.97. The number of carboxylic acids is 8. The first-order valence-electron chi connectivity index (χ1n) is 21.0. The van der Waals surface area contributed by atoms with E-state index in [-0.39, 0.29) is 77.3 Å². The molecule has 0 saturated carbocycles. The van der Waals surface area contributed by atoms with E-state index in [2.05, 4.69) is 0 Å². The second kappa shape index (κ2) is 17.9. The van der Waals surface area contributed by atoms with E-state index < -0.39 is 144 Å². The fraction of sp³-hybridized carbons (Fsp3) is 0.591. The van der Waals surface area contributed by atoms with Crippen LogP contribution in [0.2, 0.25) is 0 Å². The maximum atomic E-state index is 12.8. The molecule has 348 valence electrons. The van der Waals surface area contributed by atoms with Crippen LogP contribution in [0.1, 0.15) is 118 Å². The average molecular weight is 891 g/mol. The zero-order chi connectivity index (χ0) is 47.9. The number of aliphatic imine (C=N–C) groups is 2. The summed E-state index contributed by atoms with van der Waals surface area (Å²) in [6.45, 7) is 7.79. The summed E-state index contributed by atoms with van der Waals surface area (Å²) in [4.78, 5) is 109. The van der Waals surface area contributed by atoms with Crippen molar-refractivity contribution in [2.24, 2.45) is 38.1 Å². The van der Waals surface area contributed by atoms with E-state index in [1.165, 1.54) is 19.1 Å². The Labute approximate surface area is 367 Å². The Kier molecular flexibility index (Phi) is 13.7. The summed E-state index contributed by atoms with van der Waals surface area (Å²) in [7, 11) is 0. The normalized spacial score (nSPS) is 33.5. The second-order valence-corrected chi connectivity index (χ2v) is 18.8. The van der Waals surface area contributed by atoms with Gasteiger partial charge in [-0.2, -0.15) is 0 Å². The van der Waals surface area contributed by atoms with Crippen LogP contribution < -0.4 is 51.5 Å². The van der Waals surface area contributed by atoms with E-state index in [1.54, 1.807) is 38.3 Å². The monoisotopic (exact) mass is 890 g/mol. The second-order valence-electron chi connectivity index (χ2n) is 18.8. The van der Waals surface area contributed by atoms with Crippen molar-refractivity contribution in [1.29, 1.82) is 0 Å². The van der Waals surface area contributed by atoms with Crippen molar-refractivity contribution in [2.45, 2.75) is 135 Å². The molecule has 20 nitrogen and oxygen atoms in total. The van der Waals surface area contributed by atoms with Gasteiger partial charge in [0.1, 0.15) is 28.5 Å². The number of carbonyl (C=O) groups is 8. The van der Waals surface area contributed by atoms with E-state index in [0.29, 0.717) is 0 Å². The zero-order valence-electron chi connectivity index (χ0n) is 36.2. The molecule has 0 amide bonds. The van der Waals surface area contributed by atoms with Crippen molar-refractivity contribution in [3.05, 3.63) is 46.0 Å². The van der Waals surface area contributed by atoms with Gasteiger partial charge in [0.05, 0.1) is 5.71 Å². The Morgan fingerprint density at radius 1 is 0.656 bits per heavy atom. The molecule has 8 atom stereocenters. The summed E-state index contributed by atoms with van der Waals surface area (Å²) in [5.74, 6) is -14.5. The van der Waals surface area contributed by atoms with Gasteiger partial charge >= 0.3 is 0 Å². The van der Waals surface area contributed by atoms with Crippen molar-refractivity contribution in [1.82, 2.24) is 0 Å². The molecular weight excluding hydrogens is 840 g/mol. The molecule has 0 aromatic heterocycles. The minimum absolute atomic E-state index is 0.0142. The first-order chi connectivity index (χ1) is 29.6.